The summed E-state index contributed by atoms with van der Waals surface area (Å²) in [4.78, 5) is 0. The molecule has 0 saturated carbocycles. The van der Waals surface area contributed by atoms with Crippen molar-refractivity contribution in [2.75, 3.05) is 25.3 Å². The molecule has 0 N–H and O–H groups in total. The molecule has 0 rings (SSSR count). The van der Waals surface area contributed by atoms with Crippen LogP contribution in [0.1, 0.15) is 119 Å². The fourth-order valence-electron chi connectivity index (χ4n) is 5.44. The first-order valence-electron chi connectivity index (χ1n) is 13.5. The highest BCUT2D eigenvalue weighted by Gasteiger charge is 2.17. The van der Waals surface area contributed by atoms with Gasteiger partial charge in [-0.2, -0.15) is 0 Å². The van der Waals surface area contributed by atoms with Gasteiger partial charge in [0.05, 0.1) is 0 Å². The number of rotatable bonds is 22. The lowest BCUT2D eigenvalue weighted by Gasteiger charge is -2.25. The predicted molar refractivity (Wildman–Crippen MR) is 142 cm³/mol. The molecule has 3 heteroatoms. The van der Waals surface area contributed by atoms with Gasteiger partial charge in [0, 0.05) is 18.5 Å². The van der Waals surface area contributed by atoms with Crippen LogP contribution in [-0.4, -0.2) is 25.3 Å². The van der Waals surface area contributed by atoms with Gasteiger partial charge >= 0.3 is 0 Å². The van der Waals surface area contributed by atoms with E-state index in [9.17, 15) is 0 Å². The van der Waals surface area contributed by atoms with Gasteiger partial charge in [-0.15, -0.1) is 0 Å². The van der Waals surface area contributed by atoms with Crippen LogP contribution in [0.15, 0.2) is 0 Å². The second kappa shape index (κ2) is 21.0. The van der Waals surface area contributed by atoms with Gasteiger partial charge in [-0.25, -0.2) is 0 Å². The number of halogens is 1. The average molecular weight is 506 g/mol. The van der Waals surface area contributed by atoms with Crippen LogP contribution < -0.4 is 0 Å². The molecule has 0 aromatic rings. The summed E-state index contributed by atoms with van der Waals surface area (Å²) < 4.78 is 11.0. The molecule has 0 aliphatic carbocycles. The Morgan fingerprint density at radius 3 is 1.35 bits per heavy atom. The summed E-state index contributed by atoms with van der Waals surface area (Å²) in [6, 6.07) is 0. The third kappa shape index (κ3) is 20.7. The molecule has 0 amide bonds. The predicted octanol–water partition coefficient (Wildman–Crippen LogP) is 9.50. The Labute approximate surface area is 205 Å². The van der Waals surface area contributed by atoms with Gasteiger partial charge < -0.3 is 9.47 Å². The van der Waals surface area contributed by atoms with Gasteiger partial charge in [0.25, 0.3) is 0 Å². The van der Waals surface area contributed by atoms with Crippen LogP contribution in [0.3, 0.4) is 0 Å². The van der Waals surface area contributed by atoms with Gasteiger partial charge in [0.15, 0.2) is 0 Å². The number of unbranched alkanes of at least 4 members (excludes halogenated alkanes) is 1. The SMILES string of the molecule is CCCCOCOCCCC(C)CC(C)CC(C)CC(C)CC(C)CC(C)CCCBr. The normalized spacial score (nSPS) is 17.8. The van der Waals surface area contributed by atoms with Gasteiger partial charge in [0.1, 0.15) is 6.79 Å². The Morgan fingerprint density at radius 1 is 0.548 bits per heavy atom. The van der Waals surface area contributed by atoms with Crippen molar-refractivity contribution in [2.24, 2.45) is 35.5 Å². The Bertz CT molecular complexity index is 376. The lowest BCUT2D eigenvalue weighted by molar-refractivity contribution is -0.0558. The van der Waals surface area contributed by atoms with Crippen LogP contribution in [0.4, 0.5) is 0 Å². The maximum absolute atomic E-state index is 5.59. The first-order chi connectivity index (χ1) is 14.8. The Kier molecular flexibility index (Phi) is 21.2. The third-order valence-electron chi connectivity index (χ3n) is 6.65. The number of ether oxygens (including phenoxy) is 2. The van der Waals surface area contributed by atoms with E-state index in [2.05, 4.69) is 64.4 Å². The summed E-state index contributed by atoms with van der Waals surface area (Å²) in [5.41, 5.74) is 0. The molecule has 0 heterocycles. The van der Waals surface area contributed by atoms with E-state index in [-0.39, 0.29) is 0 Å². The van der Waals surface area contributed by atoms with E-state index in [0.29, 0.717) is 6.79 Å². The molecular formula is C28H57BrO2. The zero-order valence-corrected chi connectivity index (χ0v) is 23.9. The minimum atomic E-state index is 0.467. The standard InChI is InChI=1S/C28H57BrO2/c1-8-9-15-30-22-31-16-11-13-24(3)18-26(5)20-28(7)21-27(6)19-25(4)17-23(2)12-10-14-29/h23-28H,8-22H2,1-7H3. The van der Waals surface area contributed by atoms with Crippen LogP contribution in [0, 0.1) is 35.5 Å². The van der Waals surface area contributed by atoms with Crippen molar-refractivity contribution in [3.63, 3.8) is 0 Å². The summed E-state index contributed by atoms with van der Waals surface area (Å²) in [6.07, 6.45) is 14.4. The van der Waals surface area contributed by atoms with Crippen molar-refractivity contribution in [1.29, 1.82) is 0 Å². The molecule has 2 nitrogen and oxygen atoms in total. The highest BCUT2D eigenvalue weighted by atomic mass is 79.9. The van der Waals surface area contributed by atoms with E-state index < -0.39 is 0 Å². The molecule has 0 spiro atoms. The van der Waals surface area contributed by atoms with E-state index in [1.54, 1.807) is 0 Å². The van der Waals surface area contributed by atoms with Gasteiger partial charge in [0.2, 0.25) is 0 Å². The summed E-state index contributed by atoms with van der Waals surface area (Å²) in [5, 5.41) is 1.15. The van der Waals surface area contributed by atoms with Crippen molar-refractivity contribution in [3.8, 4) is 0 Å². The molecule has 31 heavy (non-hydrogen) atoms. The van der Waals surface area contributed by atoms with E-state index in [4.69, 9.17) is 9.47 Å². The minimum absolute atomic E-state index is 0.467. The Balaban J connectivity index is 3.85. The maximum atomic E-state index is 5.59. The molecule has 0 aliphatic heterocycles. The summed E-state index contributed by atoms with van der Waals surface area (Å²) in [5.74, 6) is 5.07. The first kappa shape index (κ1) is 31.4. The van der Waals surface area contributed by atoms with Crippen LogP contribution in [0.5, 0.6) is 0 Å². The smallest absolute Gasteiger partial charge is 0.146 e. The molecule has 6 unspecified atom stereocenters. The lowest BCUT2D eigenvalue weighted by Crippen LogP contribution is -2.13. The molecule has 6 atom stereocenters. The van der Waals surface area contributed by atoms with Crippen LogP contribution in [0.2, 0.25) is 0 Å². The van der Waals surface area contributed by atoms with E-state index in [1.807, 2.05) is 0 Å². The highest BCUT2D eigenvalue weighted by Crippen LogP contribution is 2.29. The number of hydrogen-bond donors (Lipinski definition) is 0. The monoisotopic (exact) mass is 504 g/mol. The second-order valence-electron chi connectivity index (χ2n) is 11.1. The van der Waals surface area contributed by atoms with Gasteiger partial charge in [-0.1, -0.05) is 70.8 Å². The molecule has 0 saturated heterocycles. The average Bonchev–Trinajstić information content (AvgIpc) is 2.67. The molecule has 188 valence electrons. The van der Waals surface area contributed by atoms with E-state index in [0.717, 1.165) is 66.9 Å². The van der Waals surface area contributed by atoms with E-state index in [1.165, 1.54) is 57.8 Å². The largest absolute Gasteiger partial charge is 0.355 e. The number of hydrogen-bond acceptors (Lipinski definition) is 2. The zero-order valence-electron chi connectivity index (χ0n) is 22.3. The fourth-order valence-corrected chi connectivity index (χ4v) is 5.76. The van der Waals surface area contributed by atoms with Crippen molar-refractivity contribution in [2.45, 2.75) is 119 Å². The quantitative estimate of drug-likeness (QED) is 0.0828. The molecular weight excluding hydrogens is 448 g/mol. The topological polar surface area (TPSA) is 18.5 Å². The summed E-state index contributed by atoms with van der Waals surface area (Å²) in [7, 11) is 0. The Hall–Kier alpha value is 0.400. The first-order valence-corrected chi connectivity index (χ1v) is 14.6. The molecule has 0 aromatic heterocycles. The van der Waals surface area contributed by atoms with Gasteiger partial charge in [-0.3, -0.25) is 0 Å². The third-order valence-corrected chi connectivity index (χ3v) is 7.21. The lowest BCUT2D eigenvalue weighted by atomic mass is 9.81. The van der Waals surface area contributed by atoms with E-state index >= 15 is 0 Å². The van der Waals surface area contributed by atoms with Crippen molar-refractivity contribution >= 4 is 15.9 Å². The summed E-state index contributed by atoms with van der Waals surface area (Å²) >= 11 is 3.56. The Morgan fingerprint density at radius 2 is 0.935 bits per heavy atom. The van der Waals surface area contributed by atoms with Crippen LogP contribution in [0.25, 0.3) is 0 Å². The molecule has 0 aromatic carbocycles. The maximum Gasteiger partial charge on any atom is 0.146 e. The summed E-state index contributed by atoms with van der Waals surface area (Å²) in [6.45, 7) is 19.1. The van der Waals surface area contributed by atoms with Crippen molar-refractivity contribution in [1.82, 2.24) is 0 Å². The van der Waals surface area contributed by atoms with Crippen LogP contribution in [-0.2, 0) is 9.47 Å². The molecule has 0 bridgehead atoms. The zero-order chi connectivity index (χ0) is 23.5. The van der Waals surface area contributed by atoms with Crippen molar-refractivity contribution in [3.05, 3.63) is 0 Å². The highest BCUT2D eigenvalue weighted by molar-refractivity contribution is 9.09. The van der Waals surface area contributed by atoms with Gasteiger partial charge in [-0.05, 0) is 99.7 Å². The molecule has 0 aliphatic rings. The fraction of sp³-hybridized carbons (Fsp3) is 1.00. The minimum Gasteiger partial charge on any atom is -0.355 e. The van der Waals surface area contributed by atoms with Crippen molar-refractivity contribution < 1.29 is 9.47 Å². The number of alkyl halides is 1. The van der Waals surface area contributed by atoms with Crippen LogP contribution >= 0.6 is 15.9 Å². The molecule has 0 radical (unpaired) electrons. The second-order valence-corrected chi connectivity index (χ2v) is 11.9. The molecule has 0 fully saturated rings.